The van der Waals surface area contributed by atoms with Crippen molar-refractivity contribution in [2.45, 2.75) is 26.5 Å². The van der Waals surface area contributed by atoms with E-state index in [9.17, 15) is 15.1 Å². The second-order valence-corrected chi connectivity index (χ2v) is 6.12. The highest BCUT2D eigenvalue weighted by Crippen LogP contribution is 2.35. The summed E-state index contributed by atoms with van der Waals surface area (Å²) in [5.41, 5.74) is 0.158. The number of nitrogens with zero attached hydrogens (tertiary/aromatic N) is 2. The van der Waals surface area contributed by atoms with Crippen molar-refractivity contribution in [3.05, 3.63) is 28.5 Å². The number of nitrogens with one attached hydrogen (secondary N) is 1. The third-order valence-electron chi connectivity index (χ3n) is 3.34. The zero-order valence-electron chi connectivity index (χ0n) is 12.0. The minimum absolute atomic E-state index is 0.00530. The van der Waals surface area contributed by atoms with Crippen LogP contribution in [0.3, 0.4) is 0 Å². The molecule has 6 nitrogen and oxygen atoms in total. The Kier molecular flexibility index (Phi) is 4.24. The van der Waals surface area contributed by atoms with E-state index in [0.717, 1.165) is 0 Å². The predicted octanol–water partition coefficient (Wildman–Crippen LogP) is 3.69. The molecule has 112 valence electrons. The average molecular weight is 307 g/mol. The van der Waals surface area contributed by atoms with Crippen LogP contribution in [0.2, 0.25) is 0 Å². The summed E-state index contributed by atoms with van der Waals surface area (Å²) in [4.78, 5) is 15.2. The number of nitroso groups, excluding NO2 is 1. The van der Waals surface area contributed by atoms with E-state index in [1.54, 1.807) is 18.4 Å². The smallest absolute Gasteiger partial charge is 0.185 e. The monoisotopic (exact) mass is 307 g/mol. The molecule has 1 unspecified atom stereocenters. The van der Waals surface area contributed by atoms with E-state index in [-0.39, 0.29) is 17.4 Å². The highest BCUT2D eigenvalue weighted by atomic mass is 32.1. The molecule has 7 heteroatoms. The first kappa shape index (κ1) is 15.4. The Hall–Kier alpha value is -1.99. The molecule has 0 saturated heterocycles. The number of phenols is 1. The maximum absolute atomic E-state index is 10.8. The predicted molar refractivity (Wildman–Crippen MR) is 83.8 cm³/mol. The van der Waals surface area contributed by atoms with Crippen molar-refractivity contribution in [3.8, 4) is 17.0 Å². The van der Waals surface area contributed by atoms with E-state index in [2.05, 4.69) is 15.5 Å². The molecular formula is C14H17N3O3S. The van der Waals surface area contributed by atoms with Gasteiger partial charge in [0.2, 0.25) is 0 Å². The van der Waals surface area contributed by atoms with Crippen LogP contribution in [-0.4, -0.2) is 20.9 Å². The number of phenolic OH excluding ortho intramolecular Hbond substituents is 1. The summed E-state index contributed by atoms with van der Waals surface area (Å²) in [6.07, 6.45) is 0. The van der Waals surface area contributed by atoms with Gasteiger partial charge in [-0.2, -0.15) is 0 Å². The summed E-state index contributed by atoms with van der Waals surface area (Å²) >= 11 is 1.32. The summed E-state index contributed by atoms with van der Waals surface area (Å²) in [6.45, 7) is 5.48. The molecule has 0 aliphatic rings. The van der Waals surface area contributed by atoms with Crippen LogP contribution in [0, 0.1) is 10.8 Å². The lowest BCUT2D eigenvalue weighted by molar-refractivity contribution is 0.0422. The van der Waals surface area contributed by atoms with E-state index in [4.69, 9.17) is 0 Å². The SMILES string of the molecule is CC(C)C(C)(O)Nc1nc(-c2ccc(O)cc2N=O)cs1. The Morgan fingerprint density at radius 1 is 1.43 bits per heavy atom. The minimum atomic E-state index is -1.07. The molecular weight excluding hydrogens is 290 g/mol. The summed E-state index contributed by atoms with van der Waals surface area (Å²) in [6, 6.07) is 4.35. The number of thiazole rings is 1. The van der Waals surface area contributed by atoms with Crippen molar-refractivity contribution in [2.24, 2.45) is 11.1 Å². The molecule has 1 aromatic heterocycles. The fraction of sp³-hybridized carbons (Fsp3) is 0.357. The summed E-state index contributed by atoms with van der Waals surface area (Å²) in [7, 11) is 0. The lowest BCUT2D eigenvalue weighted by atomic mass is 10.0. The van der Waals surface area contributed by atoms with E-state index in [1.807, 2.05) is 13.8 Å². The number of aliphatic hydroxyl groups is 1. The molecule has 3 N–H and O–H groups in total. The Morgan fingerprint density at radius 3 is 2.76 bits per heavy atom. The van der Waals surface area contributed by atoms with Gasteiger partial charge in [-0.1, -0.05) is 13.8 Å². The number of hydrogen-bond acceptors (Lipinski definition) is 7. The lowest BCUT2D eigenvalue weighted by Crippen LogP contribution is -2.39. The third kappa shape index (κ3) is 3.37. The van der Waals surface area contributed by atoms with Crippen LogP contribution in [0.1, 0.15) is 20.8 Å². The topological polar surface area (TPSA) is 94.8 Å². The first-order chi connectivity index (χ1) is 9.83. The molecule has 2 aromatic rings. The van der Waals surface area contributed by atoms with Gasteiger partial charge >= 0.3 is 0 Å². The largest absolute Gasteiger partial charge is 0.508 e. The number of aromatic hydroxyl groups is 1. The standard InChI is InChI=1S/C14H17N3O3S/c1-8(2)14(3,19)16-13-15-12(7-21-13)10-5-4-9(18)6-11(10)17-20/h4-8,18-19H,1-3H3,(H,15,16). The van der Waals surface area contributed by atoms with Gasteiger partial charge in [-0.25, -0.2) is 4.98 Å². The van der Waals surface area contributed by atoms with Crippen molar-refractivity contribution in [3.63, 3.8) is 0 Å². The van der Waals surface area contributed by atoms with Gasteiger partial charge in [0, 0.05) is 22.9 Å². The maximum Gasteiger partial charge on any atom is 0.185 e. The third-order valence-corrected chi connectivity index (χ3v) is 4.10. The zero-order chi connectivity index (χ0) is 15.6. The van der Waals surface area contributed by atoms with E-state index < -0.39 is 5.72 Å². The molecule has 0 bridgehead atoms. The Bertz CT molecular complexity index is 653. The van der Waals surface area contributed by atoms with Crippen LogP contribution in [0.15, 0.2) is 28.8 Å². The minimum Gasteiger partial charge on any atom is -0.508 e. The van der Waals surface area contributed by atoms with E-state index >= 15 is 0 Å². The van der Waals surface area contributed by atoms with Crippen molar-refractivity contribution < 1.29 is 10.2 Å². The molecule has 0 saturated carbocycles. The molecule has 0 aliphatic heterocycles. The normalized spacial score (nSPS) is 14.0. The van der Waals surface area contributed by atoms with Crippen LogP contribution in [0.4, 0.5) is 10.8 Å². The maximum atomic E-state index is 10.8. The van der Waals surface area contributed by atoms with Gasteiger partial charge in [0.25, 0.3) is 0 Å². The summed E-state index contributed by atoms with van der Waals surface area (Å²) < 4.78 is 0. The second-order valence-electron chi connectivity index (χ2n) is 5.26. The first-order valence-electron chi connectivity index (χ1n) is 6.46. The Labute approximate surface area is 126 Å². The molecule has 21 heavy (non-hydrogen) atoms. The van der Waals surface area contributed by atoms with E-state index in [1.165, 1.54) is 23.5 Å². The van der Waals surface area contributed by atoms with Crippen LogP contribution >= 0.6 is 11.3 Å². The number of aromatic nitrogens is 1. The van der Waals surface area contributed by atoms with Crippen molar-refractivity contribution in [1.29, 1.82) is 0 Å². The van der Waals surface area contributed by atoms with Crippen LogP contribution in [0.25, 0.3) is 11.3 Å². The van der Waals surface area contributed by atoms with E-state index in [0.29, 0.717) is 16.4 Å². The molecule has 1 aromatic carbocycles. The number of anilines is 1. The lowest BCUT2D eigenvalue weighted by Gasteiger charge is -2.28. The quantitative estimate of drug-likeness (QED) is 0.578. The molecule has 0 amide bonds. The van der Waals surface area contributed by atoms with Gasteiger partial charge in [0.1, 0.15) is 17.2 Å². The highest BCUT2D eigenvalue weighted by molar-refractivity contribution is 7.14. The fourth-order valence-electron chi connectivity index (χ4n) is 1.63. The first-order valence-corrected chi connectivity index (χ1v) is 7.34. The van der Waals surface area contributed by atoms with Crippen LogP contribution in [0.5, 0.6) is 5.75 Å². The van der Waals surface area contributed by atoms with Crippen molar-refractivity contribution >= 4 is 22.2 Å². The number of rotatable bonds is 5. The molecule has 0 fully saturated rings. The molecule has 1 heterocycles. The average Bonchev–Trinajstić information content (AvgIpc) is 2.85. The van der Waals surface area contributed by atoms with Crippen molar-refractivity contribution in [1.82, 2.24) is 4.98 Å². The molecule has 2 rings (SSSR count). The number of benzene rings is 1. The number of hydrogen-bond donors (Lipinski definition) is 3. The van der Waals surface area contributed by atoms with Gasteiger partial charge in [-0.15, -0.1) is 16.2 Å². The Balaban J connectivity index is 2.30. The molecule has 1 atom stereocenters. The van der Waals surface area contributed by atoms with Gasteiger partial charge in [-0.3, -0.25) is 0 Å². The summed E-state index contributed by atoms with van der Waals surface area (Å²) in [5, 5.41) is 27.8. The van der Waals surface area contributed by atoms with Crippen LogP contribution < -0.4 is 5.32 Å². The van der Waals surface area contributed by atoms with Gasteiger partial charge in [0.15, 0.2) is 5.13 Å². The van der Waals surface area contributed by atoms with Crippen LogP contribution in [-0.2, 0) is 0 Å². The second kappa shape index (κ2) is 5.79. The molecule has 0 aliphatic carbocycles. The van der Waals surface area contributed by atoms with Crippen molar-refractivity contribution in [2.75, 3.05) is 5.32 Å². The van der Waals surface area contributed by atoms with Gasteiger partial charge in [-0.05, 0) is 24.2 Å². The molecule has 0 spiro atoms. The van der Waals surface area contributed by atoms with Gasteiger partial charge < -0.3 is 15.5 Å². The molecule has 0 radical (unpaired) electrons. The Morgan fingerprint density at radius 2 is 2.14 bits per heavy atom. The fourth-order valence-corrected chi connectivity index (χ4v) is 2.45. The highest BCUT2D eigenvalue weighted by Gasteiger charge is 2.25. The summed E-state index contributed by atoms with van der Waals surface area (Å²) in [5.74, 6) is -0.0182. The zero-order valence-corrected chi connectivity index (χ0v) is 12.8. The van der Waals surface area contributed by atoms with Gasteiger partial charge in [0.05, 0.1) is 5.69 Å².